The van der Waals surface area contributed by atoms with Gasteiger partial charge in [-0.15, -0.1) is 0 Å². The number of anilines is 1. The van der Waals surface area contributed by atoms with Crippen LogP contribution in [0.15, 0.2) is 36.7 Å². The number of nitrogens with one attached hydrogen (secondary N) is 1. The van der Waals surface area contributed by atoms with E-state index >= 15 is 0 Å². The van der Waals surface area contributed by atoms with Gasteiger partial charge in [0.15, 0.2) is 0 Å². The van der Waals surface area contributed by atoms with Crippen LogP contribution in [0.1, 0.15) is 23.5 Å². The molecule has 0 radical (unpaired) electrons. The molecule has 5 atom stereocenters. The lowest BCUT2D eigenvalue weighted by Crippen LogP contribution is -2.41. The maximum Gasteiger partial charge on any atom is 0.416 e. The van der Waals surface area contributed by atoms with Gasteiger partial charge in [0.25, 0.3) is 0 Å². The third-order valence-corrected chi connectivity index (χ3v) is 5.32. The van der Waals surface area contributed by atoms with E-state index in [4.69, 9.17) is 9.47 Å². The van der Waals surface area contributed by atoms with Crippen LogP contribution in [0.25, 0.3) is 0 Å². The number of fused-ring (bicyclic) bond motifs is 2. The van der Waals surface area contributed by atoms with E-state index in [0.717, 1.165) is 18.3 Å². The molecule has 10 heteroatoms. The van der Waals surface area contributed by atoms with E-state index in [9.17, 15) is 23.1 Å². The summed E-state index contributed by atoms with van der Waals surface area (Å²) in [7, 11) is 1.46. The van der Waals surface area contributed by atoms with Crippen molar-refractivity contribution in [3.05, 3.63) is 47.8 Å². The average molecular weight is 409 g/mol. The zero-order chi connectivity index (χ0) is 20.8. The minimum absolute atomic E-state index is 0.195. The van der Waals surface area contributed by atoms with Gasteiger partial charge < -0.3 is 19.9 Å². The number of aliphatic hydroxyl groups is 1. The van der Waals surface area contributed by atoms with Gasteiger partial charge in [-0.1, -0.05) is 0 Å². The van der Waals surface area contributed by atoms with Gasteiger partial charge in [-0.3, -0.25) is 4.79 Å². The first-order valence-electron chi connectivity index (χ1n) is 8.95. The van der Waals surface area contributed by atoms with Crippen molar-refractivity contribution in [1.29, 1.82) is 0 Å². The Kier molecular flexibility index (Phi) is 4.91. The molecule has 4 rings (SSSR count). The van der Waals surface area contributed by atoms with Gasteiger partial charge in [0, 0.05) is 30.8 Å². The number of rotatable bonds is 4. The smallest absolute Gasteiger partial charge is 0.416 e. The van der Waals surface area contributed by atoms with Crippen LogP contribution in [0.5, 0.6) is 5.88 Å². The Bertz CT molecular complexity index is 924. The molecule has 0 saturated carbocycles. The van der Waals surface area contributed by atoms with Crippen molar-refractivity contribution in [2.75, 3.05) is 12.4 Å². The highest BCUT2D eigenvalue weighted by molar-refractivity contribution is 5.93. The predicted molar refractivity (Wildman–Crippen MR) is 94.2 cm³/mol. The number of hydrogen-bond donors (Lipinski definition) is 2. The van der Waals surface area contributed by atoms with Crippen molar-refractivity contribution >= 4 is 11.7 Å². The lowest BCUT2D eigenvalue weighted by atomic mass is 9.74. The van der Waals surface area contributed by atoms with Gasteiger partial charge in [0.2, 0.25) is 11.8 Å². The summed E-state index contributed by atoms with van der Waals surface area (Å²) in [6.07, 6.45) is -3.64. The van der Waals surface area contributed by atoms with Crippen LogP contribution in [0.3, 0.4) is 0 Å². The fraction of sp³-hybridized carbons (Fsp3) is 0.421. The number of carbonyl (C=O) groups is 1. The SMILES string of the molecule is COc1cc(C2C3OC(CC3O)C2C(=O)Nc2cc(C(F)(F)F)ccn2)ccn1. The first-order valence-corrected chi connectivity index (χ1v) is 8.95. The summed E-state index contributed by atoms with van der Waals surface area (Å²) >= 11 is 0. The molecule has 2 aliphatic rings. The van der Waals surface area contributed by atoms with Gasteiger partial charge in [-0.2, -0.15) is 13.2 Å². The molecule has 7 nitrogen and oxygen atoms in total. The van der Waals surface area contributed by atoms with Crippen LogP contribution < -0.4 is 10.1 Å². The largest absolute Gasteiger partial charge is 0.481 e. The third kappa shape index (κ3) is 3.65. The van der Waals surface area contributed by atoms with Crippen molar-refractivity contribution in [3.63, 3.8) is 0 Å². The summed E-state index contributed by atoms with van der Waals surface area (Å²) in [4.78, 5) is 20.8. The number of alkyl halides is 3. The van der Waals surface area contributed by atoms with Gasteiger partial charge >= 0.3 is 6.18 Å². The molecule has 2 N–H and O–H groups in total. The van der Waals surface area contributed by atoms with Crippen LogP contribution in [0.4, 0.5) is 19.0 Å². The first-order chi connectivity index (χ1) is 13.8. The summed E-state index contributed by atoms with van der Waals surface area (Å²) in [5.41, 5.74) is -0.210. The van der Waals surface area contributed by atoms with Gasteiger partial charge in [-0.25, -0.2) is 9.97 Å². The van der Waals surface area contributed by atoms with Gasteiger partial charge in [0.1, 0.15) is 5.82 Å². The number of aromatic nitrogens is 2. The van der Waals surface area contributed by atoms with Crippen LogP contribution in [-0.2, 0) is 15.7 Å². The Morgan fingerprint density at radius 2 is 2.03 bits per heavy atom. The Morgan fingerprint density at radius 3 is 2.76 bits per heavy atom. The standard InChI is InChI=1S/C19H18F3N3O4/c1-28-14-6-9(2-4-24-14)15-16(12-8-11(26)17(15)29-12)18(27)25-13-7-10(3-5-23-13)19(20,21)22/h2-7,11-12,15-17,26H,8H2,1H3,(H,23,25,27). The molecule has 0 aliphatic carbocycles. The predicted octanol–water partition coefficient (Wildman–Crippen LogP) is 2.37. The summed E-state index contributed by atoms with van der Waals surface area (Å²) < 4.78 is 49.7. The summed E-state index contributed by atoms with van der Waals surface area (Å²) in [6, 6.07) is 4.97. The molecule has 2 fully saturated rings. The minimum atomic E-state index is -4.54. The topological polar surface area (TPSA) is 93.6 Å². The number of ether oxygens (including phenoxy) is 2. The molecule has 2 aromatic rings. The summed E-state index contributed by atoms with van der Waals surface area (Å²) in [6.45, 7) is 0. The van der Waals surface area contributed by atoms with E-state index in [0.29, 0.717) is 11.4 Å². The normalized spacial score (nSPS) is 28.4. The number of pyridine rings is 2. The van der Waals surface area contributed by atoms with Crippen molar-refractivity contribution in [3.8, 4) is 5.88 Å². The van der Waals surface area contributed by atoms with Crippen LogP contribution in [0, 0.1) is 5.92 Å². The second-order valence-electron chi connectivity index (χ2n) is 7.04. The number of carbonyl (C=O) groups excluding carboxylic acids is 1. The van der Waals surface area contributed by atoms with Gasteiger partial charge in [-0.05, 0) is 23.8 Å². The van der Waals surface area contributed by atoms with E-state index in [1.165, 1.54) is 13.3 Å². The lowest BCUT2D eigenvalue weighted by Gasteiger charge is -2.30. The first kappa shape index (κ1) is 19.6. The van der Waals surface area contributed by atoms with E-state index in [2.05, 4.69) is 15.3 Å². The van der Waals surface area contributed by atoms with E-state index in [-0.39, 0.29) is 12.2 Å². The Labute approximate surface area is 163 Å². The maximum absolute atomic E-state index is 13.0. The number of aliphatic hydroxyl groups excluding tert-OH is 1. The summed E-state index contributed by atoms with van der Waals surface area (Å²) in [5, 5.41) is 12.7. The van der Waals surface area contributed by atoms with Crippen molar-refractivity contribution in [2.45, 2.75) is 36.8 Å². The number of nitrogens with zero attached hydrogens (tertiary/aromatic N) is 2. The second kappa shape index (κ2) is 7.27. The Morgan fingerprint density at radius 1 is 1.28 bits per heavy atom. The van der Waals surface area contributed by atoms with Gasteiger partial charge in [0.05, 0.1) is 36.9 Å². The molecule has 2 saturated heterocycles. The Hall–Kier alpha value is -2.72. The maximum atomic E-state index is 13.0. The highest BCUT2D eigenvalue weighted by Gasteiger charge is 2.57. The van der Waals surface area contributed by atoms with Crippen LogP contribution >= 0.6 is 0 Å². The molecule has 154 valence electrons. The number of hydrogen-bond acceptors (Lipinski definition) is 6. The van der Waals surface area contributed by atoms with E-state index < -0.39 is 47.8 Å². The number of amides is 1. The molecule has 2 aliphatic heterocycles. The zero-order valence-corrected chi connectivity index (χ0v) is 15.3. The van der Waals surface area contributed by atoms with Crippen molar-refractivity contribution in [2.24, 2.45) is 5.92 Å². The average Bonchev–Trinajstić information content (AvgIpc) is 3.24. The molecule has 2 bridgehead atoms. The molecule has 29 heavy (non-hydrogen) atoms. The summed E-state index contributed by atoms with van der Waals surface area (Å²) in [5.74, 6) is -1.56. The minimum Gasteiger partial charge on any atom is -0.481 e. The zero-order valence-electron chi connectivity index (χ0n) is 15.3. The number of methoxy groups -OCH3 is 1. The molecule has 2 aromatic heterocycles. The molecule has 5 unspecified atom stereocenters. The molecule has 4 heterocycles. The molecule has 0 aromatic carbocycles. The Balaban J connectivity index is 1.61. The van der Waals surface area contributed by atoms with Crippen molar-refractivity contribution < 1.29 is 32.5 Å². The third-order valence-electron chi connectivity index (χ3n) is 5.32. The monoisotopic (exact) mass is 409 g/mol. The molecular weight excluding hydrogens is 391 g/mol. The fourth-order valence-electron chi connectivity index (χ4n) is 4.07. The van der Waals surface area contributed by atoms with E-state index in [1.807, 2.05) is 0 Å². The highest BCUT2D eigenvalue weighted by Crippen LogP contribution is 2.49. The van der Waals surface area contributed by atoms with Crippen LogP contribution in [-0.4, -0.2) is 46.4 Å². The molecular formula is C19H18F3N3O4. The number of halogens is 3. The fourth-order valence-corrected chi connectivity index (χ4v) is 4.07. The lowest BCUT2D eigenvalue weighted by molar-refractivity contribution is -0.137. The quantitative estimate of drug-likeness (QED) is 0.806. The van der Waals surface area contributed by atoms with Crippen molar-refractivity contribution in [1.82, 2.24) is 9.97 Å². The molecule has 1 amide bonds. The highest BCUT2D eigenvalue weighted by atomic mass is 19.4. The van der Waals surface area contributed by atoms with Crippen LogP contribution in [0.2, 0.25) is 0 Å². The van der Waals surface area contributed by atoms with E-state index in [1.54, 1.807) is 12.1 Å². The molecule has 0 spiro atoms. The second-order valence-corrected chi connectivity index (χ2v) is 7.04.